The maximum absolute atomic E-state index is 14.3. The van der Waals surface area contributed by atoms with Crippen LogP contribution in [0.3, 0.4) is 0 Å². The van der Waals surface area contributed by atoms with Gasteiger partial charge >= 0.3 is 5.69 Å². The number of benzene rings is 3. The molecule has 0 aliphatic heterocycles. The molecule has 0 spiro atoms. The summed E-state index contributed by atoms with van der Waals surface area (Å²) < 4.78 is 5.13. The summed E-state index contributed by atoms with van der Waals surface area (Å²) in [5.74, 6) is 1.52. The number of aromatic nitrogens is 8. The van der Waals surface area contributed by atoms with Crippen molar-refractivity contribution >= 4 is 11.2 Å². The van der Waals surface area contributed by atoms with E-state index in [1.54, 1.807) is 4.57 Å². The summed E-state index contributed by atoms with van der Waals surface area (Å²) >= 11 is 0. The van der Waals surface area contributed by atoms with Crippen LogP contribution in [-0.4, -0.2) is 39.3 Å². The van der Waals surface area contributed by atoms with Crippen LogP contribution in [0, 0.1) is 11.3 Å². The molecule has 0 saturated heterocycles. The molecule has 6 aromatic rings. The Morgan fingerprint density at radius 2 is 1.50 bits per heavy atom. The molecule has 0 fully saturated rings. The molecule has 0 radical (unpaired) electrons. The largest absolute Gasteiger partial charge is 0.332 e. The predicted molar refractivity (Wildman–Crippen MR) is 181 cm³/mol. The van der Waals surface area contributed by atoms with Crippen molar-refractivity contribution in [2.45, 2.75) is 67.1 Å². The number of H-pyrrole nitrogens is 1. The first-order chi connectivity index (χ1) is 22.1. The van der Waals surface area contributed by atoms with Crippen molar-refractivity contribution in [1.82, 2.24) is 39.3 Å². The van der Waals surface area contributed by atoms with E-state index in [9.17, 15) is 9.59 Å². The summed E-state index contributed by atoms with van der Waals surface area (Å²) in [6.45, 7) is 11.8. The normalized spacial score (nSPS) is 12.0. The van der Waals surface area contributed by atoms with E-state index < -0.39 is 0 Å². The van der Waals surface area contributed by atoms with E-state index in [1.165, 1.54) is 4.57 Å². The molecule has 1 N–H and O–H groups in total. The highest BCUT2D eigenvalue weighted by Crippen LogP contribution is 2.30. The number of tetrazole rings is 1. The minimum atomic E-state index is -0.307. The Bertz CT molecular complexity index is 2060. The Morgan fingerprint density at radius 1 is 0.804 bits per heavy atom. The van der Waals surface area contributed by atoms with Crippen LogP contribution in [0.4, 0.5) is 0 Å². The van der Waals surface area contributed by atoms with Crippen LogP contribution in [0.2, 0.25) is 0 Å². The van der Waals surface area contributed by atoms with Crippen molar-refractivity contribution in [2.24, 2.45) is 11.3 Å². The van der Waals surface area contributed by atoms with Crippen molar-refractivity contribution in [1.29, 1.82) is 0 Å². The van der Waals surface area contributed by atoms with E-state index in [1.807, 2.05) is 59.2 Å². The molecule has 0 bridgehead atoms. The molecule has 3 heterocycles. The zero-order valence-corrected chi connectivity index (χ0v) is 27.1. The molecule has 3 aromatic carbocycles. The van der Waals surface area contributed by atoms with Gasteiger partial charge in [0.2, 0.25) is 5.82 Å². The monoisotopic (exact) mass is 616 g/mol. The predicted octanol–water partition coefficient (Wildman–Crippen LogP) is 5.74. The van der Waals surface area contributed by atoms with E-state index in [0.717, 1.165) is 33.6 Å². The lowest BCUT2D eigenvalue weighted by Gasteiger charge is -2.19. The third-order valence-corrected chi connectivity index (χ3v) is 8.02. The Balaban J connectivity index is 1.45. The summed E-state index contributed by atoms with van der Waals surface area (Å²) in [6, 6.07) is 26.2. The Hall–Kier alpha value is -5.12. The van der Waals surface area contributed by atoms with E-state index in [-0.39, 0.29) is 22.6 Å². The highest BCUT2D eigenvalue weighted by atomic mass is 16.2. The van der Waals surface area contributed by atoms with Crippen molar-refractivity contribution in [3.8, 4) is 22.5 Å². The van der Waals surface area contributed by atoms with Gasteiger partial charge in [-0.3, -0.25) is 13.9 Å². The number of hydrogen-bond donors (Lipinski definition) is 1. The number of rotatable bonds is 10. The van der Waals surface area contributed by atoms with Gasteiger partial charge in [0.25, 0.3) is 5.56 Å². The first kappa shape index (κ1) is 30.9. The van der Waals surface area contributed by atoms with Crippen LogP contribution in [0.25, 0.3) is 33.7 Å². The average molecular weight is 617 g/mol. The number of nitrogens with one attached hydrogen (secondary N) is 1. The lowest BCUT2D eigenvalue weighted by Crippen LogP contribution is -2.41. The lowest BCUT2D eigenvalue weighted by molar-refractivity contribution is 0.394. The van der Waals surface area contributed by atoms with Gasteiger partial charge in [-0.05, 0) is 45.2 Å². The molecule has 0 amide bonds. The molecule has 46 heavy (non-hydrogen) atoms. The minimum Gasteiger partial charge on any atom is -0.318 e. The Labute approximate surface area is 267 Å². The van der Waals surface area contributed by atoms with Gasteiger partial charge in [0.1, 0.15) is 5.82 Å². The molecule has 10 heteroatoms. The lowest BCUT2D eigenvalue weighted by atomic mass is 9.92. The average Bonchev–Trinajstić information content (AvgIpc) is 3.68. The van der Waals surface area contributed by atoms with Gasteiger partial charge in [-0.2, -0.15) is 5.21 Å². The highest BCUT2D eigenvalue weighted by Gasteiger charge is 2.25. The summed E-state index contributed by atoms with van der Waals surface area (Å²) in [4.78, 5) is 33.2. The summed E-state index contributed by atoms with van der Waals surface area (Å²) in [7, 11) is 0. The highest BCUT2D eigenvalue weighted by molar-refractivity contribution is 5.80. The molecule has 6 rings (SSSR count). The van der Waals surface area contributed by atoms with Crippen LogP contribution in [0.5, 0.6) is 0 Å². The van der Waals surface area contributed by atoms with Crippen molar-refractivity contribution in [3.63, 3.8) is 0 Å². The number of nitrogens with zero attached hydrogens (tertiary/aromatic N) is 7. The number of fused-ring (bicyclic) bond motifs is 1. The molecule has 0 unspecified atom stereocenters. The van der Waals surface area contributed by atoms with Crippen molar-refractivity contribution in [3.05, 3.63) is 117 Å². The Kier molecular flexibility index (Phi) is 8.53. The molecule has 0 atom stereocenters. The zero-order chi connectivity index (χ0) is 32.4. The minimum absolute atomic E-state index is 0.0860. The van der Waals surface area contributed by atoms with E-state index in [4.69, 9.17) is 4.98 Å². The summed E-state index contributed by atoms with van der Waals surface area (Å²) in [5.41, 5.74) is 5.24. The van der Waals surface area contributed by atoms with Gasteiger partial charge in [0.15, 0.2) is 11.2 Å². The zero-order valence-electron chi connectivity index (χ0n) is 27.1. The molecule has 0 aliphatic rings. The van der Waals surface area contributed by atoms with Crippen LogP contribution in [0.1, 0.15) is 51.6 Å². The first-order valence-corrected chi connectivity index (χ1v) is 15.8. The fourth-order valence-corrected chi connectivity index (χ4v) is 5.91. The standard InChI is InChI=1S/C36H40N8O2/c1-24(2)22-44-33-31(34(45)42(35(44)46)20-19-25-11-7-6-8-12-25)43(30(37-33)21-36(3,4)5)23-26-15-17-27(18-16-26)28-13-9-10-14-29(28)32-38-40-41-39-32/h6-18,24H,19-23H2,1-5H3,(H,38,39,40,41). The molecule has 10 nitrogen and oxygen atoms in total. The van der Waals surface area contributed by atoms with Crippen molar-refractivity contribution < 1.29 is 0 Å². The fraction of sp³-hybridized carbons (Fsp3) is 0.333. The van der Waals surface area contributed by atoms with Gasteiger partial charge in [0.05, 0.1) is 0 Å². The third-order valence-electron chi connectivity index (χ3n) is 8.02. The quantitative estimate of drug-likeness (QED) is 0.210. The number of hydrogen-bond acceptors (Lipinski definition) is 6. The number of aromatic amines is 1. The number of imidazole rings is 1. The van der Waals surface area contributed by atoms with Gasteiger partial charge in [-0.15, -0.1) is 10.2 Å². The molecule has 0 saturated carbocycles. The van der Waals surface area contributed by atoms with E-state index in [0.29, 0.717) is 49.5 Å². The molecule has 0 aliphatic carbocycles. The summed E-state index contributed by atoms with van der Waals surface area (Å²) in [5, 5.41) is 14.6. The van der Waals surface area contributed by atoms with E-state index in [2.05, 4.69) is 79.5 Å². The molecule has 3 aromatic heterocycles. The molecular formula is C36H40N8O2. The van der Waals surface area contributed by atoms with Gasteiger partial charge in [-0.25, -0.2) is 9.78 Å². The second-order valence-electron chi connectivity index (χ2n) is 13.5. The van der Waals surface area contributed by atoms with Crippen molar-refractivity contribution in [2.75, 3.05) is 0 Å². The smallest absolute Gasteiger partial charge is 0.318 e. The Morgan fingerprint density at radius 3 is 2.15 bits per heavy atom. The van der Waals surface area contributed by atoms with Gasteiger partial charge in [0, 0.05) is 31.6 Å². The van der Waals surface area contributed by atoms with Crippen LogP contribution in [0.15, 0.2) is 88.5 Å². The maximum Gasteiger partial charge on any atom is 0.332 e. The van der Waals surface area contributed by atoms with Gasteiger partial charge in [-0.1, -0.05) is 113 Å². The third kappa shape index (κ3) is 6.47. The SMILES string of the molecule is CC(C)Cn1c(=O)n(CCc2ccccc2)c(=O)c2c1nc(CC(C)(C)C)n2Cc1ccc(-c2ccccc2-c2nn[nH]n2)cc1. The van der Waals surface area contributed by atoms with Gasteiger partial charge < -0.3 is 4.57 Å². The molecule has 236 valence electrons. The second-order valence-corrected chi connectivity index (χ2v) is 13.5. The second kappa shape index (κ2) is 12.7. The first-order valence-electron chi connectivity index (χ1n) is 15.8. The fourth-order valence-electron chi connectivity index (χ4n) is 5.91. The summed E-state index contributed by atoms with van der Waals surface area (Å²) in [6.07, 6.45) is 1.23. The molecular weight excluding hydrogens is 576 g/mol. The van der Waals surface area contributed by atoms with Crippen LogP contribution >= 0.6 is 0 Å². The van der Waals surface area contributed by atoms with Crippen LogP contribution < -0.4 is 11.2 Å². The topological polar surface area (TPSA) is 116 Å². The van der Waals surface area contributed by atoms with E-state index >= 15 is 0 Å². The van der Waals surface area contributed by atoms with Crippen LogP contribution in [-0.2, 0) is 32.5 Å². The number of aryl methyl sites for hydroxylation is 1. The maximum atomic E-state index is 14.3.